The van der Waals surface area contributed by atoms with Crippen LogP contribution in [0.3, 0.4) is 0 Å². The molecule has 4 N–H and O–H groups in total. The molecule has 2 aromatic rings. The molecule has 0 unspecified atom stereocenters. The van der Waals surface area contributed by atoms with Crippen LogP contribution in [0, 0.1) is 11.8 Å². The molecule has 0 radical (unpaired) electrons. The Morgan fingerprint density at radius 3 is 2.63 bits per heavy atom. The maximum Gasteiger partial charge on any atom is 0.237 e. The molecule has 0 bridgehead atoms. The smallest absolute Gasteiger partial charge is 0.237 e. The molecular formula is C29H42N4O4S. The maximum atomic E-state index is 13.3. The monoisotopic (exact) mass is 542 g/mol. The summed E-state index contributed by atoms with van der Waals surface area (Å²) in [6.07, 6.45) is 2.69. The van der Waals surface area contributed by atoms with Gasteiger partial charge < -0.3 is 20.6 Å². The fourth-order valence-corrected chi connectivity index (χ4v) is 6.29. The Labute approximate surface area is 227 Å². The normalized spacial score (nSPS) is 25.0. The lowest BCUT2D eigenvalue weighted by molar-refractivity contribution is -0.124. The number of hydrogen-bond acceptors (Lipinski definition) is 6. The van der Waals surface area contributed by atoms with Crippen molar-refractivity contribution in [1.82, 2.24) is 15.5 Å². The highest BCUT2D eigenvalue weighted by atomic mass is 32.2. The number of fused-ring (bicyclic) bond motifs is 1. The van der Waals surface area contributed by atoms with Crippen LogP contribution in [-0.2, 0) is 33.2 Å². The van der Waals surface area contributed by atoms with Gasteiger partial charge in [0.15, 0.2) is 0 Å². The molecule has 1 saturated heterocycles. The molecule has 1 amide bonds. The zero-order valence-corrected chi connectivity index (χ0v) is 23.9. The second-order valence-electron chi connectivity index (χ2n) is 11.7. The summed E-state index contributed by atoms with van der Waals surface area (Å²) in [6, 6.07) is 12.8. The van der Waals surface area contributed by atoms with E-state index in [0.29, 0.717) is 30.3 Å². The van der Waals surface area contributed by atoms with Crippen molar-refractivity contribution in [3.05, 3.63) is 59.2 Å². The van der Waals surface area contributed by atoms with Gasteiger partial charge in [-0.05, 0) is 77.6 Å². The molecule has 0 aliphatic carbocycles. The van der Waals surface area contributed by atoms with E-state index >= 15 is 0 Å². The number of carbonyl (C=O) groups excluding carboxylic acids is 1. The van der Waals surface area contributed by atoms with Gasteiger partial charge in [-0.2, -0.15) is 0 Å². The van der Waals surface area contributed by atoms with E-state index in [1.54, 1.807) is 12.1 Å². The van der Waals surface area contributed by atoms with Crippen LogP contribution in [0.2, 0.25) is 0 Å². The van der Waals surface area contributed by atoms with Gasteiger partial charge in [0.25, 0.3) is 0 Å². The summed E-state index contributed by atoms with van der Waals surface area (Å²) in [4.78, 5) is 15.8. The third kappa shape index (κ3) is 6.68. The average Bonchev–Trinajstić information content (AvgIpc) is 2.84. The lowest BCUT2D eigenvalue weighted by Gasteiger charge is -2.46. The molecule has 2 aliphatic heterocycles. The summed E-state index contributed by atoms with van der Waals surface area (Å²) in [7, 11) is -3.34. The van der Waals surface area contributed by atoms with Gasteiger partial charge in [-0.1, -0.05) is 45.9 Å². The zero-order chi connectivity index (χ0) is 27.7. The van der Waals surface area contributed by atoms with Crippen LogP contribution in [0.25, 0.3) is 0 Å². The SMILES string of the molecule is CC(C)[C@@H](CN1CC[C@@](C)(c2cccc(O)c2)[C@@H](C)C1)NC(=O)[C@H]1Cc2ccc(NS(C)(=O)=O)cc2CN1. The molecule has 38 heavy (non-hydrogen) atoms. The molecule has 208 valence electrons. The number of benzene rings is 2. The predicted molar refractivity (Wildman–Crippen MR) is 152 cm³/mol. The minimum Gasteiger partial charge on any atom is -0.508 e. The molecule has 0 saturated carbocycles. The van der Waals surface area contributed by atoms with E-state index in [1.807, 2.05) is 24.3 Å². The Bertz CT molecular complexity index is 1260. The molecule has 0 spiro atoms. The van der Waals surface area contributed by atoms with Crippen LogP contribution in [0.1, 0.15) is 50.8 Å². The summed E-state index contributed by atoms with van der Waals surface area (Å²) < 4.78 is 25.6. The average molecular weight is 543 g/mol. The molecular weight excluding hydrogens is 500 g/mol. The number of phenolic OH excluding ortho intramolecular Hbond substituents is 1. The van der Waals surface area contributed by atoms with Crippen molar-refractivity contribution in [2.24, 2.45) is 11.8 Å². The number of rotatable bonds is 8. The van der Waals surface area contributed by atoms with Crippen molar-refractivity contribution < 1.29 is 18.3 Å². The quantitative estimate of drug-likeness (QED) is 0.408. The van der Waals surface area contributed by atoms with Crippen LogP contribution in [-0.4, -0.2) is 62.3 Å². The molecule has 2 aliphatic rings. The Morgan fingerprint density at radius 2 is 1.97 bits per heavy atom. The number of phenols is 1. The number of hydrogen-bond donors (Lipinski definition) is 4. The molecule has 2 aromatic carbocycles. The summed E-state index contributed by atoms with van der Waals surface area (Å²) in [6.45, 7) is 12.0. The van der Waals surface area contributed by atoms with E-state index in [9.17, 15) is 18.3 Å². The molecule has 4 atom stereocenters. The first-order chi connectivity index (χ1) is 17.8. The van der Waals surface area contributed by atoms with Gasteiger partial charge in [0.05, 0.1) is 12.3 Å². The van der Waals surface area contributed by atoms with E-state index in [2.05, 4.69) is 54.0 Å². The minimum atomic E-state index is -3.34. The van der Waals surface area contributed by atoms with Gasteiger partial charge in [-0.3, -0.25) is 9.52 Å². The Kier molecular flexibility index (Phi) is 8.40. The van der Waals surface area contributed by atoms with Crippen molar-refractivity contribution in [3.8, 4) is 5.75 Å². The number of carbonyl (C=O) groups is 1. The summed E-state index contributed by atoms with van der Waals surface area (Å²) >= 11 is 0. The second-order valence-corrected chi connectivity index (χ2v) is 13.5. The van der Waals surface area contributed by atoms with E-state index in [-0.39, 0.29) is 29.3 Å². The molecule has 1 fully saturated rings. The highest BCUT2D eigenvalue weighted by Crippen LogP contribution is 2.40. The van der Waals surface area contributed by atoms with Crippen LogP contribution in [0.4, 0.5) is 5.69 Å². The van der Waals surface area contributed by atoms with Gasteiger partial charge in [-0.25, -0.2) is 8.42 Å². The first-order valence-corrected chi connectivity index (χ1v) is 15.4. The summed E-state index contributed by atoms with van der Waals surface area (Å²) in [5.41, 5.74) is 3.77. The Hall–Kier alpha value is -2.62. The van der Waals surface area contributed by atoms with Gasteiger partial charge in [0, 0.05) is 31.4 Å². The molecule has 0 aromatic heterocycles. The third-order valence-corrected chi connectivity index (χ3v) is 9.06. The van der Waals surface area contributed by atoms with E-state index in [1.165, 1.54) is 5.56 Å². The van der Waals surface area contributed by atoms with E-state index < -0.39 is 10.0 Å². The number of likely N-dealkylation sites (tertiary alicyclic amines) is 1. The number of nitrogens with zero attached hydrogens (tertiary/aromatic N) is 1. The highest BCUT2D eigenvalue weighted by Gasteiger charge is 2.39. The largest absolute Gasteiger partial charge is 0.508 e. The topological polar surface area (TPSA) is 111 Å². The predicted octanol–water partition coefficient (Wildman–Crippen LogP) is 3.22. The molecule has 9 heteroatoms. The van der Waals surface area contributed by atoms with Gasteiger partial charge >= 0.3 is 0 Å². The van der Waals surface area contributed by atoms with Crippen LogP contribution >= 0.6 is 0 Å². The lowest BCUT2D eigenvalue weighted by atomic mass is 9.68. The van der Waals surface area contributed by atoms with Crippen molar-refractivity contribution in [1.29, 1.82) is 0 Å². The number of aromatic hydroxyl groups is 1. The maximum absolute atomic E-state index is 13.3. The van der Waals surface area contributed by atoms with Crippen molar-refractivity contribution in [3.63, 3.8) is 0 Å². The summed E-state index contributed by atoms with van der Waals surface area (Å²) in [5, 5.41) is 16.6. The number of anilines is 1. The minimum absolute atomic E-state index is 0.00191. The van der Waals surface area contributed by atoms with E-state index in [0.717, 1.165) is 43.4 Å². The van der Waals surface area contributed by atoms with Crippen LogP contribution in [0.15, 0.2) is 42.5 Å². The molecule has 8 nitrogen and oxygen atoms in total. The van der Waals surface area contributed by atoms with Crippen molar-refractivity contribution >= 4 is 21.6 Å². The Balaban J connectivity index is 1.36. The lowest BCUT2D eigenvalue weighted by Crippen LogP contribution is -2.56. The highest BCUT2D eigenvalue weighted by molar-refractivity contribution is 7.92. The van der Waals surface area contributed by atoms with E-state index in [4.69, 9.17) is 0 Å². The number of amides is 1. The van der Waals surface area contributed by atoms with Crippen molar-refractivity contribution in [2.75, 3.05) is 30.6 Å². The number of nitrogens with one attached hydrogen (secondary N) is 3. The molecule has 4 rings (SSSR count). The fraction of sp³-hybridized carbons (Fsp3) is 0.552. The first kappa shape index (κ1) is 28.4. The van der Waals surface area contributed by atoms with Crippen LogP contribution < -0.4 is 15.4 Å². The van der Waals surface area contributed by atoms with Crippen LogP contribution in [0.5, 0.6) is 5.75 Å². The number of sulfonamides is 1. The van der Waals surface area contributed by atoms with Gasteiger partial charge in [-0.15, -0.1) is 0 Å². The number of piperidine rings is 1. The van der Waals surface area contributed by atoms with Gasteiger partial charge in [0.2, 0.25) is 15.9 Å². The summed E-state index contributed by atoms with van der Waals surface area (Å²) in [5.74, 6) is 1.00. The first-order valence-electron chi connectivity index (χ1n) is 13.5. The third-order valence-electron chi connectivity index (χ3n) is 8.45. The standard InChI is InChI=1S/C29H42N4O4S/c1-19(2)27(18-33-12-11-29(4,20(3)17-33)23-7-6-8-25(34)15-23)31-28(35)26-14-21-9-10-24(32-38(5,36)37)13-22(21)16-30-26/h6-10,13,15,19-20,26-27,30,32,34H,11-12,14,16-18H2,1-5H3,(H,31,35)/t20-,26+,27+,29+/m0/s1. The molecule has 2 heterocycles. The fourth-order valence-electron chi connectivity index (χ4n) is 5.74. The second kappa shape index (κ2) is 11.2. The van der Waals surface area contributed by atoms with Crippen molar-refractivity contribution in [2.45, 2.75) is 64.6 Å². The van der Waals surface area contributed by atoms with Gasteiger partial charge in [0.1, 0.15) is 5.75 Å². The Morgan fingerprint density at radius 1 is 1.21 bits per heavy atom. The zero-order valence-electron chi connectivity index (χ0n) is 23.1.